The van der Waals surface area contributed by atoms with Crippen LogP contribution in [0.15, 0.2) is 16.7 Å². The average molecular weight is 278 g/mol. The standard InChI is InChI=1S/C16H26N2O2/c1-18-7-2-3-15(18)6-8-19-12-16-9-13(11-20-16)10-17-14-4-5-14/h9,11,14-15,17H,2-8,10,12H2,1H3. The van der Waals surface area contributed by atoms with Crippen LogP contribution in [0, 0.1) is 0 Å². The molecule has 1 aliphatic heterocycles. The first kappa shape index (κ1) is 14.1. The molecule has 1 aromatic rings. The van der Waals surface area contributed by atoms with Crippen LogP contribution in [0.25, 0.3) is 0 Å². The molecule has 112 valence electrons. The third-order valence-electron chi connectivity index (χ3n) is 4.39. The molecule has 0 amide bonds. The van der Waals surface area contributed by atoms with Crippen molar-refractivity contribution in [3.63, 3.8) is 0 Å². The number of hydrogen-bond donors (Lipinski definition) is 1. The number of hydrogen-bond acceptors (Lipinski definition) is 4. The van der Waals surface area contributed by atoms with E-state index in [-0.39, 0.29) is 0 Å². The minimum Gasteiger partial charge on any atom is -0.467 e. The lowest BCUT2D eigenvalue weighted by molar-refractivity contribution is 0.0894. The number of rotatable bonds is 8. The molecule has 0 spiro atoms. The van der Waals surface area contributed by atoms with Crippen LogP contribution in [0.3, 0.4) is 0 Å². The lowest BCUT2D eigenvalue weighted by Crippen LogP contribution is -2.26. The van der Waals surface area contributed by atoms with Crippen molar-refractivity contribution in [1.82, 2.24) is 10.2 Å². The SMILES string of the molecule is CN1CCCC1CCOCc1cc(CNC2CC2)co1. The second kappa shape index (κ2) is 6.74. The van der Waals surface area contributed by atoms with Crippen LogP contribution in [0.2, 0.25) is 0 Å². The third kappa shape index (κ3) is 4.08. The maximum absolute atomic E-state index is 5.74. The predicted octanol–water partition coefficient (Wildman–Crippen LogP) is 2.53. The Morgan fingerprint density at radius 2 is 2.30 bits per heavy atom. The van der Waals surface area contributed by atoms with Crippen LogP contribution >= 0.6 is 0 Å². The Bertz CT molecular complexity index is 414. The number of likely N-dealkylation sites (tertiary alicyclic amines) is 1. The van der Waals surface area contributed by atoms with E-state index in [1.807, 2.05) is 6.26 Å². The molecule has 1 aliphatic carbocycles. The Morgan fingerprint density at radius 3 is 3.05 bits per heavy atom. The molecular weight excluding hydrogens is 252 g/mol. The van der Waals surface area contributed by atoms with Crippen LogP contribution in [0.1, 0.15) is 43.4 Å². The highest BCUT2D eigenvalue weighted by Crippen LogP contribution is 2.20. The van der Waals surface area contributed by atoms with Gasteiger partial charge in [-0.05, 0) is 51.8 Å². The topological polar surface area (TPSA) is 37.6 Å². The Kier molecular flexibility index (Phi) is 4.76. The molecule has 20 heavy (non-hydrogen) atoms. The summed E-state index contributed by atoms with van der Waals surface area (Å²) in [4.78, 5) is 2.44. The van der Waals surface area contributed by atoms with Gasteiger partial charge in [0.2, 0.25) is 0 Å². The summed E-state index contributed by atoms with van der Waals surface area (Å²) in [6.45, 7) is 3.58. The zero-order chi connectivity index (χ0) is 13.8. The lowest BCUT2D eigenvalue weighted by atomic mass is 10.1. The van der Waals surface area contributed by atoms with Crippen LogP contribution < -0.4 is 5.32 Å². The van der Waals surface area contributed by atoms with Gasteiger partial charge in [-0.15, -0.1) is 0 Å². The maximum atomic E-state index is 5.74. The van der Waals surface area contributed by atoms with Gasteiger partial charge in [-0.2, -0.15) is 0 Å². The Balaban J connectivity index is 1.31. The van der Waals surface area contributed by atoms with E-state index >= 15 is 0 Å². The average Bonchev–Trinajstić information content (AvgIpc) is 3.03. The van der Waals surface area contributed by atoms with Crippen molar-refractivity contribution in [3.8, 4) is 0 Å². The molecule has 4 heteroatoms. The number of furan rings is 1. The molecule has 2 heterocycles. The fraction of sp³-hybridized carbons (Fsp3) is 0.750. The summed E-state index contributed by atoms with van der Waals surface area (Å²) in [6, 6.07) is 3.56. The van der Waals surface area contributed by atoms with E-state index in [2.05, 4.69) is 23.3 Å². The first-order valence-corrected chi connectivity index (χ1v) is 7.89. The van der Waals surface area contributed by atoms with Gasteiger partial charge in [-0.3, -0.25) is 0 Å². The van der Waals surface area contributed by atoms with Crippen molar-refractivity contribution in [2.75, 3.05) is 20.2 Å². The Hall–Kier alpha value is -0.840. The largest absolute Gasteiger partial charge is 0.467 e. The van der Waals surface area contributed by atoms with Crippen LogP contribution in [-0.2, 0) is 17.9 Å². The molecule has 1 unspecified atom stereocenters. The molecule has 1 saturated carbocycles. The molecule has 1 saturated heterocycles. The van der Waals surface area contributed by atoms with Crippen molar-refractivity contribution < 1.29 is 9.15 Å². The third-order valence-corrected chi connectivity index (χ3v) is 4.39. The van der Waals surface area contributed by atoms with Crippen molar-refractivity contribution in [2.24, 2.45) is 0 Å². The fourth-order valence-corrected chi connectivity index (χ4v) is 2.88. The molecule has 0 radical (unpaired) electrons. The number of nitrogens with zero attached hydrogens (tertiary/aromatic N) is 1. The highest BCUT2D eigenvalue weighted by molar-refractivity contribution is 5.12. The summed E-state index contributed by atoms with van der Waals surface area (Å²) < 4.78 is 11.3. The van der Waals surface area contributed by atoms with E-state index in [0.29, 0.717) is 12.6 Å². The van der Waals surface area contributed by atoms with Crippen LogP contribution in [-0.4, -0.2) is 37.2 Å². The van der Waals surface area contributed by atoms with Crippen LogP contribution in [0.4, 0.5) is 0 Å². The highest BCUT2D eigenvalue weighted by atomic mass is 16.5. The lowest BCUT2D eigenvalue weighted by Gasteiger charge is -2.18. The Labute approximate surface area is 121 Å². The molecule has 1 atom stereocenters. The van der Waals surface area contributed by atoms with Gasteiger partial charge < -0.3 is 19.4 Å². The fourth-order valence-electron chi connectivity index (χ4n) is 2.88. The van der Waals surface area contributed by atoms with Crippen molar-refractivity contribution in [3.05, 3.63) is 23.7 Å². The van der Waals surface area contributed by atoms with Gasteiger partial charge in [-0.1, -0.05) is 0 Å². The summed E-state index contributed by atoms with van der Waals surface area (Å²) in [5.74, 6) is 0.942. The van der Waals surface area contributed by atoms with E-state index in [9.17, 15) is 0 Å². The maximum Gasteiger partial charge on any atom is 0.129 e. The van der Waals surface area contributed by atoms with Crippen molar-refractivity contribution >= 4 is 0 Å². The zero-order valence-electron chi connectivity index (χ0n) is 12.4. The first-order chi connectivity index (χ1) is 9.81. The second-order valence-electron chi connectivity index (χ2n) is 6.19. The van der Waals surface area contributed by atoms with Gasteiger partial charge in [0.1, 0.15) is 12.4 Å². The normalized spacial score (nSPS) is 23.6. The van der Waals surface area contributed by atoms with E-state index in [4.69, 9.17) is 9.15 Å². The molecule has 2 fully saturated rings. The molecule has 2 aliphatic rings. The molecular formula is C16H26N2O2. The van der Waals surface area contributed by atoms with Gasteiger partial charge in [0, 0.05) is 30.8 Å². The smallest absolute Gasteiger partial charge is 0.129 e. The summed E-state index contributed by atoms with van der Waals surface area (Å²) in [5, 5.41) is 3.49. The minimum absolute atomic E-state index is 0.597. The number of ether oxygens (including phenoxy) is 1. The minimum atomic E-state index is 0.597. The quantitative estimate of drug-likeness (QED) is 0.742. The molecule has 1 aromatic heterocycles. The molecule has 0 aromatic carbocycles. The van der Waals surface area contributed by atoms with Gasteiger partial charge in [-0.25, -0.2) is 0 Å². The second-order valence-corrected chi connectivity index (χ2v) is 6.19. The molecule has 4 nitrogen and oxygen atoms in total. The van der Waals surface area contributed by atoms with Crippen molar-refractivity contribution in [1.29, 1.82) is 0 Å². The monoisotopic (exact) mass is 278 g/mol. The summed E-state index contributed by atoms with van der Waals surface area (Å²) in [6.07, 6.45) is 8.27. The van der Waals surface area contributed by atoms with Crippen LogP contribution in [0.5, 0.6) is 0 Å². The van der Waals surface area contributed by atoms with E-state index in [1.54, 1.807) is 0 Å². The summed E-state index contributed by atoms with van der Waals surface area (Å²) in [7, 11) is 2.21. The highest BCUT2D eigenvalue weighted by Gasteiger charge is 2.21. The molecule has 1 N–H and O–H groups in total. The molecule has 3 rings (SSSR count). The van der Waals surface area contributed by atoms with E-state index < -0.39 is 0 Å². The zero-order valence-corrected chi connectivity index (χ0v) is 12.4. The van der Waals surface area contributed by atoms with E-state index in [1.165, 1.54) is 37.8 Å². The van der Waals surface area contributed by atoms with Gasteiger partial charge in [0.05, 0.1) is 6.26 Å². The summed E-state index contributed by atoms with van der Waals surface area (Å²) >= 11 is 0. The summed E-state index contributed by atoms with van der Waals surface area (Å²) in [5.41, 5.74) is 1.23. The van der Waals surface area contributed by atoms with Crippen molar-refractivity contribution in [2.45, 2.75) is 57.3 Å². The molecule has 0 bridgehead atoms. The van der Waals surface area contributed by atoms with E-state index in [0.717, 1.165) is 31.4 Å². The predicted molar refractivity (Wildman–Crippen MR) is 78.5 cm³/mol. The number of nitrogens with one attached hydrogen (secondary N) is 1. The van der Waals surface area contributed by atoms with Gasteiger partial charge in [0.15, 0.2) is 0 Å². The Morgan fingerprint density at radius 1 is 1.40 bits per heavy atom. The first-order valence-electron chi connectivity index (χ1n) is 7.89. The van der Waals surface area contributed by atoms with Gasteiger partial charge in [0.25, 0.3) is 0 Å². The van der Waals surface area contributed by atoms with Gasteiger partial charge >= 0.3 is 0 Å².